The van der Waals surface area contributed by atoms with E-state index < -0.39 is 0 Å². The maximum Gasteiger partial charge on any atom is 0.127 e. The molecule has 268 valence electrons. The molecule has 0 aliphatic heterocycles. The van der Waals surface area contributed by atoms with Crippen LogP contribution < -0.4 is 5.73 Å². The zero-order valence-electron chi connectivity index (χ0n) is 33.9. The van der Waals surface area contributed by atoms with Crippen molar-refractivity contribution >= 4 is 10.1 Å². The van der Waals surface area contributed by atoms with Crippen LogP contribution in [0.15, 0.2) is 60.7 Å². The first-order valence-corrected chi connectivity index (χ1v) is 19.1. The largest absolute Gasteiger partial charge is 0.507 e. The fraction of sp³-hybridized carbons (Fsp3) is 0.457. The molecule has 4 heteroatoms. The van der Waals surface area contributed by atoms with Gasteiger partial charge in [0.25, 0.3) is 0 Å². The molecule has 0 fully saturated rings. The van der Waals surface area contributed by atoms with Gasteiger partial charge in [-0.15, -0.1) is 0 Å². The molecule has 0 heterocycles. The van der Waals surface area contributed by atoms with Crippen LogP contribution in [0.5, 0.6) is 11.5 Å². The van der Waals surface area contributed by atoms with Crippen molar-refractivity contribution in [3.63, 3.8) is 0 Å². The average Bonchev–Trinajstić information content (AvgIpc) is 3.02. The van der Waals surface area contributed by atoms with E-state index in [0.29, 0.717) is 11.8 Å². The quantitative estimate of drug-likeness (QED) is 0.140. The number of anilines is 1. The van der Waals surface area contributed by atoms with E-state index in [4.69, 9.17) is 5.73 Å². The van der Waals surface area contributed by atoms with Crippen LogP contribution in [-0.4, -0.2) is 14.6 Å². The molecule has 4 aromatic rings. The molecule has 4 N–H and O–H groups in total. The van der Waals surface area contributed by atoms with Crippen LogP contribution in [0.25, 0.3) is 11.1 Å². The second-order valence-corrected chi connectivity index (χ2v) is 17.6. The summed E-state index contributed by atoms with van der Waals surface area (Å²) in [5.74, 6) is 1.59. The van der Waals surface area contributed by atoms with Crippen LogP contribution in [0, 0.1) is 27.7 Å². The molecule has 0 spiro atoms. The molecule has 0 bridgehead atoms. The Kier molecular flexibility index (Phi) is 14.5. The zero-order chi connectivity index (χ0) is 38.5. The van der Waals surface area contributed by atoms with Gasteiger partial charge in [0.1, 0.15) is 11.5 Å². The van der Waals surface area contributed by atoms with Crippen LogP contribution in [0.3, 0.4) is 0 Å². The predicted octanol–water partition coefficient (Wildman–Crippen LogP) is 12.4. The van der Waals surface area contributed by atoms with Crippen molar-refractivity contribution in [3.05, 3.63) is 111 Å². The summed E-state index contributed by atoms with van der Waals surface area (Å²) in [5.41, 5.74) is 18.5. The molecule has 0 aliphatic carbocycles. The van der Waals surface area contributed by atoms with Crippen LogP contribution in [0.2, 0.25) is 0 Å². The van der Waals surface area contributed by atoms with E-state index in [0.717, 1.165) is 50.2 Å². The van der Waals surface area contributed by atoms with E-state index in [1.165, 1.54) is 16.7 Å². The molecule has 0 aliphatic rings. The standard InChI is InChI=1S/C24H34O2.C12H19N.C10H12.Mo/c1-13-11-17(23(5,6)7)21(25)19(15(13)3)20-16(4)14(2)12-18(22(20)26)24(8,9)10;1-8(2)10-6-5-7-11(9(3)4)12(10)13;1-10(2,3)9-7-5-4-6-8-9;/h11-12,25-26H,1-10H3;5-9H,13H2,1-4H3;1,4-8H,2-3H3;/q;;;+4. The smallest absolute Gasteiger partial charge is 0.127 e. The number of nitrogens with two attached hydrogens (primary N) is 1. The molecular formula is C46H65MoNO2+4. The topological polar surface area (TPSA) is 66.5 Å². The second kappa shape index (κ2) is 16.9. The Morgan fingerprint density at radius 3 is 1.26 bits per heavy atom. The summed E-state index contributed by atoms with van der Waals surface area (Å²) in [5, 5.41) is 22.4. The molecule has 0 aromatic heterocycles. The summed E-state index contributed by atoms with van der Waals surface area (Å²) >= 11 is 2.04. The van der Waals surface area contributed by atoms with Crippen molar-refractivity contribution in [1.29, 1.82) is 0 Å². The minimum atomic E-state index is -0.183. The maximum atomic E-state index is 11.2. The first-order valence-electron chi connectivity index (χ1n) is 18.0. The van der Waals surface area contributed by atoms with E-state index in [9.17, 15) is 10.2 Å². The van der Waals surface area contributed by atoms with Crippen molar-refractivity contribution in [2.24, 2.45) is 0 Å². The Bertz CT molecular complexity index is 1670. The molecule has 0 saturated carbocycles. The number of para-hydroxylation sites is 1. The van der Waals surface area contributed by atoms with Crippen molar-refractivity contribution in [2.75, 3.05) is 5.73 Å². The number of nitrogen functional groups attached to an aromatic ring is 1. The first kappa shape index (κ1) is 43.0. The van der Waals surface area contributed by atoms with Gasteiger partial charge in [0.2, 0.25) is 0 Å². The summed E-state index contributed by atoms with van der Waals surface area (Å²) in [4.78, 5) is 0. The Hall–Kier alpha value is -3.16. The summed E-state index contributed by atoms with van der Waals surface area (Å²) in [6, 6.07) is 21.0. The molecule has 0 saturated heterocycles. The van der Waals surface area contributed by atoms with Crippen LogP contribution in [0.1, 0.15) is 145 Å². The monoisotopic (exact) mass is 761 g/mol. The average molecular weight is 760 g/mol. The van der Waals surface area contributed by atoms with Crippen molar-refractivity contribution in [2.45, 2.75) is 139 Å². The fourth-order valence-electron chi connectivity index (χ4n) is 6.10. The van der Waals surface area contributed by atoms with Gasteiger partial charge in [-0.25, -0.2) is 0 Å². The fourth-order valence-corrected chi connectivity index (χ4v) is 6.44. The molecule has 0 amide bonds. The summed E-state index contributed by atoms with van der Waals surface area (Å²) < 4.78 is 2.23. The van der Waals surface area contributed by atoms with Gasteiger partial charge in [0, 0.05) is 27.9 Å². The molecular weight excluding hydrogens is 694 g/mol. The maximum absolute atomic E-state index is 11.2. The van der Waals surface area contributed by atoms with Gasteiger partial charge in [0.05, 0.1) is 0 Å². The van der Waals surface area contributed by atoms with Gasteiger partial charge in [-0.05, 0) is 83.7 Å². The van der Waals surface area contributed by atoms with Gasteiger partial charge in [-0.1, -0.05) is 99.6 Å². The van der Waals surface area contributed by atoms with Crippen molar-refractivity contribution in [1.82, 2.24) is 0 Å². The Balaban J connectivity index is 0.000000299. The first-order chi connectivity index (χ1) is 22.9. The van der Waals surface area contributed by atoms with Crippen LogP contribution in [0.4, 0.5) is 5.69 Å². The van der Waals surface area contributed by atoms with E-state index in [-0.39, 0.29) is 27.7 Å². The van der Waals surface area contributed by atoms with Gasteiger partial charge in [-0.3, -0.25) is 0 Å². The van der Waals surface area contributed by atoms with Crippen LogP contribution in [-0.2, 0) is 35.6 Å². The Morgan fingerprint density at radius 2 is 0.960 bits per heavy atom. The minimum absolute atomic E-state index is 0.183. The van der Waals surface area contributed by atoms with Gasteiger partial charge < -0.3 is 15.9 Å². The van der Waals surface area contributed by atoms with Crippen molar-refractivity contribution in [3.8, 4) is 22.6 Å². The summed E-state index contributed by atoms with van der Waals surface area (Å²) in [6.45, 7) is 34.0. The minimum Gasteiger partial charge on any atom is -0.507 e. The number of phenols is 2. The summed E-state index contributed by atoms with van der Waals surface area (Å²) in [6.07, 6.45) is 0. The molecule has 50 heavy (non-hydrogen) atoms. The zero-order valence-corrected chi connectivity index (χ0v) is 35.9. The molecule has 0 unspecified atom stereocenters. The predicted molar refractivity (Wildman–Crippen MR) is 216 cm³/mol. The van der Waals surface area contributed by atoms with E-state index in [2.05, 4.69) is 162 Å². The third-order valence-corrected chi connectivity index (χ3v) is 11.2. The molecule has 0 radical (unpaired) electrons. The third-order valence-electron chi connectivity index (χ3n) is 9.73. The normalized spacial score (nSPS) is 11.9. The number of benzene rings is 4. The van der Waals surface area contributed by atoms with Crippen LogP contribution >= 0.6 is 0 Å². The molecule has 3 nitrogen and oxygen atoms in total. The van der Waals surface area contributed by atoms with Gasteiger partial charge in [0.15, 0.2) is 0 Å². The SMILES string of the molecule is CC(C)([CH]=[Mo+4])c1ccccc1.CC(C)c1cccc(C(C)C)c1N.Cc1cc(C(C)(C)C)c(O)c(-c2c(C)c(C)cc(C(C)(C)C)c2O)c1C. The Morgan fingerprint density at radius 1 is 0.600 bits per heavy atom. The summed E-state index contributed by atoms with van der Waals surface area (Å²) in [7, 11) is 0. The van der Waals surface area contributed by atoms with E-state index in [1.807, 2.05) is 33.2 Å². The molecule has 4 rings (SSSR count). The number of aryl methyl sites for hydroxylation is 2. The van der Waals surface area contributed by atoms with Crippen molar-refractivity contribution < 1.29 is 29.6 Å². The number of phenolic OH excluding ortho intramolecular Hbond substituents is 2. The third kappa shape index (κ3) is 10.2. The number of rotatable bonds is 5. The number of hydrogen-bond acceptors (Lipinski definition) is 3. The second-order valence-electron chi connectivity index (χ2n) is 17.0. The molecule has 4 aromatic carbocycles. The van der Waals surface area contributed by atoms with Gasteiger partial charge >= 0.3 is 78.9 Å². The van der Waals surface area contributed by atoms with E-state index in [1.54, 1.807) is 0 Å². The number of hydrogen-bond donors (Lipinski definition) is 3. The number of aromatic hydroxyl groups is 2. The van der Waals surface area contributed by atoms with E-state index >= 15 is 0 Å². The Labute approximate surface area is 316 Å². The van der Waals surface area contributed by atoms with Gasteiger partial charge in [-0.2, -0.15) is 0 Å². The molecule has 0 atom stereocenters.